The third kappa shape index (κ3) is 2.84. The summed E-state index contributed by atoms with van der Waals surface area (Å²) in [6.45, 7) is 0. The second-order valence-electron chi connectivity index (χ2n) is 2.65. The minimum Gasteiger partial charge on any atom is -0.484 e. The summed E-state index contributed by atoms with van der Waals surface area (Å²) in [5.41, 5.74) is 6.04. The van der Waals surface area contributed by atoms with Gasteiger partial charge in [-0.05, 0) is 5.56 Å². The maximum absolute atomic E-state index is 11.1. The zero-order chi connectivity index (χ0) is 10.6. The van der Waals surface area contributed by atoms with Crippen LogP contribution in [-0.2, 0) is 9.45 Å². The second kappa shape index (κ2) is 4.76. The van der Waals surface area contributed by atoms with Gasteiger partial charge in [-0.15, -0.1) is 0 Å². The van der Waals surface area contributed by atoms with Gasteiger partial charge in [-0.1, -0.05) is 30.3 Å². The van der Waals surface area contributed by atoms with Gasteiger partial charge >= 0.3 is 13.3 Å². The lowest BCUT2D eigenvalue weighted by molar-refractivity contribution is -0.138. The molecule has 0 bridgehead atoms. The minimum absolute atomic E-state index is 0.554. The molecule has 1 unspecified atom stereocenters. The monoisotopic (exact) mass is 195 g/mol. The fourth-order valence-corrected chi connectivity index (χ4v) is 0.974. The lowest BCUT2D eigenvalue weighted by atomic mass is 10.1. The zero-order valence-electron chi connectivity index (χ0n) is 7.33. The van der Waals surface area contributed by atoms with Gasteiger partial charge in [0.25, 0.3) is 0 Å². The van der Waals surface area contributed by atoms with E-state index in [-0.39, 0.29) is 0 Å². The van der Waals surface area contributed by atoms with E-state index in [1.807, 2.05) is 0 Å². The number of rotatable bonds is 3. The molecule has 5 nitrogen and oxygen atoms in total. The van der Waals surface area contributed by atoms with Crippen LogP contribution in [0.15, 0.2) is 30.3 Å². The van der Waals surface area contributed by atoms with Crippen LogP contribution in [0.5, 0.6) is 0 Å². The Morgan fingerprint density at radius 1 is 1.36 bits per heavy atom. The Labute approximate surface area is 81.3 Å². The molecule has 4 N–H and O–H groups in total. The molecule has 1 atom stereocenters. The molecule has 0 saturated heterocycles. The van der Waals surface area contributed by atoms with Gasteiger partial charge in [0.2, 0.25) is 0 Å². The summed E-state index contributed by atoms with van der Waals surface area (Å²) in [7, 11) is -2.13. The van der Waals surface area contributed by atoms with Crippen molar-refractivity contribution in [2.45, 2.75) is 6.04 Å². The lowest BCUT2D eigenvalue weighted by Gasteiger charge is -2.10. The van der Waals surface area contributed by atoms with Crippen LogP contribution in [-0.4, -0.2) is 23.3 Å². The first-order valence-electron chi connectivity index (χ1n) is 3.98. The van der Waals surface area contributed by atoms with Crippen molar-refractivity contribution in [3.8, 4) is 0 Å². The van der Waals surface area contributed by atoms with Gasteiger partial charge in [0.05, 0.1) is 0 Å². The van der Waals surface area contributed by atoms with Crippen molar-refractivity contribution in [3.05, 3.63) is 35.9 Å². The Kier molecular flexibility index (Phi) is 3.64. The number of hydrogen-bond acceptors (Lipinski definition) is 5. The highest BCUT2D eigenvalue weighted by molar-refractivity contribution is 6.35. The van der Waals surface area contributed by atoms with E-state index in [2.05, 4.69) is 4.65 Å². The van der Waals surface area contributed by atoms with E-state index in [4.69, 9.17) is 15.8 Å². The van der Waals surface area contributed by atoms with Gasteiger partial charge in [0, 0.05) is 0 Å². The first-order valence-corrected chi connectivity index (χ1v) is 3.98. The third-order valence-corrected chi connectivity index (χ3v) is 1.63. The summed E-state index contributed by atoms with van der Waals surface area (Å²) < 4.78 is 4.11. The highest BCUT2D eigenvalue weighted by Gasteiger charge is 2.22. The van der Waals surface area contributed by atoms with Crippen LogP contribution in [0, 0.1) is 0 Å². The average molecular weight is 195 g/mol. The molecule has 1 aromatic carbocycles. The lowest BCUT2D eigenvalue weighted by Crippen LogP contribution is -2.30. The maximum Gasteiger partial charge on any atom is 0.709 e. The van der Waals surface area contributed by atoms with Crippen LogP contribution in [0.1, 0.15) is 11.6 Å². The zero-order valence-corrected chi connectivity index (χ0v) is 7.33. The highest BCUT2D eigenvalue weighted by atomic mass is 16.6. The van der Waals surface area contributed by atoms with Crippen LogP contribution in [0.2, 0.25) is 0 Å². The van der Waals surface area contributed by atoms with Crippen molar-refractivity contribution < 1.29 is 19.5 Å². The van der Waals surface area contributed by atoms with Gasteiger partial charge < -0.3 is 20.4 Å². The molecule has 0 aliphatic carbocycles. The van der Waals surface area contributed by atoms with E-state index >= 15 is 0 Å². The molecular weight excluding hydrogens is 185 g/mol. The molecular formula is C8H10BNO4. The summed E-state index contributed by atoms with van der Waals surface area (Å²) in [5, 5.41) is 16.8. The summed E-state index contributed by atoms with van der Waals surface area (Å²) in [6, 6.07) is 7.52. The average Bonchev–Trinajstić information content (AvgIpc) is 2.17. The first kappa shape index (κ1) is 10.7. The molecule has 0 aromatic heterocycles. The fraction of sp³-hybridized carbons (Fsp3) is 0.125. The molecule has 0 spiro atoms. The Bertz CT molecular complexity index is 303. The molecule has 0 aliphatic rings. The number of carbonyl (C=O) groups excluding carboxylic acids is 1. The van der Waals surface area contributed by atoms with Crippen molar-refractivity contribution in [2.24, 2.45) is 5.73 Å². The van der Waals surface area contributed by atoms with E-state index in [0.29, 0.717) is 5.56 Å². The van der Waals surface area contributed by atoms with Crippen LogP contribution < -0.4 is 5.73 Å². The predicted molar refractivity (Wildman–Crippen MR) is 49.7 cm³/mol. The number of hydrogen-bond donors (Lipinski definition) is 3. The Hall–Kier alpha value is -1.37. The highest BCUT2D eigenvalue weighted by Crippen LogP contribution is 2.10. The maximum atomic E-state index is 11.1. The van der Waals surface area contributed by atoms with Crippen LogP contribution in [0.3, 0.4) is 0 Å². The third-order valence-electron chi connectivity index (χ3n) is 1.63. The van der Waals surface area contributed by atoms with Crippen molar-refractivity contribution in [2.75, 3.05) is 0 Å². The Morgan fingerprint density at radius 2 is 1.93 bits per heavy atom. The normalized spacial score (nSPS) is 11.9. The van der Waals surface area contributed by atoms with Gasteiger partial charge in [-0.25, -0.2) is 0 Å². The molecule has 14 heavy (non-hydrogen) atoms. The molecule has 0 amide bonds. The van der Waals surface area contributed by atoms with Gasteiger partial charge in [-0.2, -0.15) is 0 Å². The van der Waals surface area contributed by atoms with E-state index in [9.17, 15) is 4.79 Å². The van der Waals surface area contributed by atoms with Crippen LogP contribution in [0.4, 0.5) is 0 Å². The summed E-state index contributed by atoms with van der Waals surface area (Å²) in [4.78, 5) is 11.1. The topological polar surface area (TPSA) is 92.8 Å². The van der Waals surface area contributed by atoms with Gasteiger partial charge in [0.1, 0.15) is 6.04 Å². The molecule has 6 heteroatoms. The number of benzene rings is 1. The van der Waals surface area contributed by atoms with E-state index in [1.54, 1.807) is 30.3 Å². The molecule has 0 heterocycles. The Balaban J connectivity index is 2.66. The molecule has 0 saturated carbocycles. The fourth-order valence-electron chi connectivity index (χ4n) is 0.974. The quantitative estimate of drug-likeness (QED) is 0.549. The predicted octanol–water partition coefficient (Wildman–Crippen LogP) is -0.801. The van der Waals surface area contributed by atoms with Crippen molar-refractivity contribution >= 4 is 13.3 Å². The SMILES string of the molecule is NC(C(=O)OB(O)O)c1ccccc1. The molecule has 74 valence electrons. The molecule has 0 radical (unpaired) electrons. The smallest absolute Gasteiger partial charge is 0.484 e. The second-order valence-corrected chi connectivity index (χ2v) is 2.65. The van der Waals surface area contributed by atoms with E-state index < -0.39 is 19.3 Å². The molecule has 0 aliphatic heterocycles. The summed E-state index contributed by atoms with van der Waals surface area (Å²) >= 11 is 0. The number of carbonyl (C=O) groups is 1. The van der Waals surface area contributed by atoms with Crippen molar-refractivity contribution in [1.29, 1.82) is 0 Å². The van der Waals surface area contributed by atoms with Crippen molar-refractivity contribution in [3.63, 3.8) is 0 Å². The number of nitrogens with two attached hydrogens (primary N) is 1. The van der Waals surface area contributed by atoms with Crippen LogP contribution >= 0.6 is 0 Å². The Morgan fingerprint density at radius 3 is 2.43 bits per heavy atom. The van der Waals surface area contributed by atoms with Crippen LogP contribution in [0.25, 0.3) is 0 Å². The summed E-state index contributed by atoms with van der Waals surface area (Å²) in [6.07, 6.45) is 0. The standard InChI is InChI=1S/C8H10BNO4/c10-7(8(11)14-9(12)13)6-4-2-1-3-5-6/h1-5,7,12-13H,10H2. The molecule has 0 fully saturated rings. The summed E-state index contributed by atoms with van der Waals surface area (Å²) in [5.74, 6) is -0.883. The minimum atomic E-state index is -2.13. The van der Waals surface area contributed by atoms with E-state index in [0.717, 1.165) is 0 Å². The van der Waals surface area contributed by atoms with Gasteiger partial charge in [-0.3, -0.25) is 4.79 Å². The molecule has 1 aromatic rings. The van der Waals surface area contributed by atoms with E-state index in [1.165, 1.54) is 0 Å². The largest absolute Gasteiger partial charge is 0.709 e. The van der Waals surface area contributed by atoms with Gasteiger partial charge in [0.15, 0.2) is 0 Å². The molecule has 1 rings (SSSR count). The first-order chi connectivity index (χ1) is 6.61. The van der Waals surface area contributed by atoms with Crippen molar-refractivity contribution in [1.82, 2.24) is 0 Å².